The molecule has 148 valence electrons. The Morgan fingerprint density at radius 1 is 1.36 bits per heavy atom. The molecule has 0 spiro atoms. The summed E-state index contributed by atoms with van der Waals surface area (Å²) < 4.78 is 6.61. The molecule has 0 amide bonds. The lowest BCUT2D eigenvalue weighted by atomic mass is 9.95. The van der Waals surface area contributed by atoms with E-state index in [9.17, 15) is 14.7 Å². The van der Waals surface area contributed by atoms with Crippen molar-refractivity contribution < 1.29 is 15.2 Å². The molecule has 5 N–H and O–H groups in total. The third-order valence-corrected chi connectivity index (χ3v) is 5.75. The summed E-state index contributed by atoms with van der Waals surface area (Å²) in [7, 11) is 1.63. The zero-order chi connectivity index (χ0) is 20.0. The van der Waals surface area contributed by atoms with E-state index in [1.54, 1.807) is 7.11 Å². The number of H-pyrrole nitrogens is 2. The highest BCUT2D eigenvalue weighted by Gasteiger charge is 2.34. The molecule has 8 heteroatoms. The van der Waals surface area contributed by atoms with Gasteiger partial charge in [0.1, 0.15) is 11.3 Å². The lowest BCUT2D eigenvalue weighted by molar-refractivity contribution is -0.690. The van der Waals surface area contributed by atoms with Gasteiger partial charge in [-0.1, -0.05) is 6.92 Å². The first-order chi connectivity index (χ1) is 13.5. The maximum absolute atomic E-state index is 12.7. The number of benzene rings is 1. The van der Waals surface area contributed by atoms with Crippen molar-refractivity contribution in [1.29, 1.82) is 0 Å². The van der Waals surface area contributed by atoms with E-state index in [4.69, 9.17) is 4.74 Å². The van der Waals surface area contributed by atoms with Crippen LogP contribution < -0.4 is 21.3 Å². The van der Waals surface area contributed by atoms with Gasteiger partial charge in [0, 0.05) is 23.4 Å². The fourth-order valence-electron chi connectivity index (χ4n) is 4.11. The largest absolute Gasteiger partial charge is 0.497 e. The second-order valence-electron chi connectivity index (χ2n) is 7.30. The Morgan fingerprint density at radius 2 is 2.14 bits per heavy atom. The van der Waals surface area contributed by atoms with Crippen LogP contribution in [0.1, 0.15) is 49.2 Å². The van der Waals surface area contributed by atoms with Gasteiger partial charge in [-0.05, 0) is 37.1 Å². The van der Waals surface area contributed by atoms with E-state index in [0.29, 0.717) is 6.42 Å². The van der Waals surface area contributed by atoms with E-state index < -0.39 is 17.3 Å². The van der Waals surface area contributed by atoms with Gasteiger partial charge in [0.2, 0.25) is 5.88 Å². The first-order valence-electron chi connectivity index (χ1n) is 9.55. The molecule has 1 aliphatic heterocycles. The standard InChI is InChI=1S/C20H24N4O4/c1-4-10(2)24-19(26)15(18(25)23-20(24)27)17-16-12(7-8-21-17)13-9-11(28-3)5-6-14(13)22-16/h5-6,9-10,17,21-22,26H,4,7-8H2,1-3H3,(H,23,25,27)/p+1/t10-,17-/m1/s1. The van der Waals surface area contributed by atoms with Crippen LogP contribution in [-0.4, -0.2) is 33.3 Å². The van der Waals surface area contributed by atoms with Gasteiger partial charge < -0.3 is 20.1 Å². The molecule has 3 heterocycles. The first kappa shape index (κ1) is 18.4. The summed E-state index contributed by atoms with van der Waals surface area (Å²) in [6.45, 7) is 4.54. The second kappa shape index (κ2) is 6.87. The number of hydrogen-bond acceptors (Lipinski definition) is 4. The van der Waals surface area contributed by atoms with Crippen LogP contribution in [-0.2, 0) is 6.42 Å². The highest BCUT2D eigenvalue weighted by atomic mass is 16.5. The molecule has 0 radical (unpaired) electrons. The molecule has 0 unspecified atom stereocenters. The summed E-state index contributed by atoms with van der Waals surface area (Å²) in [4.78, 5) is 30.7. The quantitative estimate of drug-likeness (QED) is 0.534. The highest BCUT2D eigenvalue weighted by molar-refractivity contribution is 5.86. The lowest BCUT2D eigenvalue weighted by Gasteiger charge is -2.23. The summed E-state index contributed by atoms with van der Waals surface area (Å²) in [6, 6.07) is 5.18. The van der Waals surface area contributed by atoms with Crippen molar-refractivity contribution in [2.75, 3.05) is 13.7 Å². The Hall–Kier alpha value is -3.00. The van der Waals surface area contributed by atoms with Crippen LogP contribution in [0, 0.1) is 0 Å². The number of ether oxygens (including phenoxy) is 1. The molecule has 2 aromatic heterocycles. The van der Waals surface area contributed by atoms with Gasteiger partial charge >= 0.3 is 5.69 Å². The zero-order valence-corrected chi connectivity index (χ0v) is 16.2. The van der Waals surface area contributed by atoms with Crippen LogP contribution in [0.3, 0.4) is 0 Å². The van der Waals surface area contributed by atoms with E-state index >= 15 is 0 Å². The number of nitrogens with one attached hydrogen (secondary N) is 2. The molecule has 3 aromatic rings. The minimum atomic E-state index is -0.585. The van der Waals surface area contributed by atoms with Crippen molar-refractivity contribution in [3.05, 3.63) is 55.9 Å². The van der Waals surface area contributed by atoms with Gasteiger partial charge in [0.25, 0.3) is 5.56 Å². The van der Waals surface area contributed by atoms with Crippen molar-refractivity contribution in [1.82, 2.24) is 14.5 Å². The lowest BCUT2D eigenvalue weighted by Crippen LogP contribution is -2.87. The highest BCUT2D eigenvalue weighted by Crippen LogP contribution is 2.34. The third kappa shape index (κ3) is 2.72. The molecular weight excluding hydrogens is 360 g/mol. The maximum Gasteiger partial charge on any atom is 0.331 e. The number of nitrogens with zero attached hydrogens (tertiary/aromatic N) is 1. The van der Waals surface area contributed by atoms with Crippen molar-refractivity contribution >= 4 is 10.9 Å². The molecule has 0 saturated carbocycles. The average molecular weight is 385 g/mol. The number of aromatic amines is 2. The van der Waals surface area contributed by atoms with E-state index in [-0.39, 0.29) is 17.5 Å². The summed E-state index contributed by atoms with van der Waals surface area (Å²) in [6.07, 6.45) is 1.49. The zero-order valence-electron chi connectivity index (χ0n) is 16.2. The van der Waals surface area contributed by atoms with Crippen molar-refractivity contribution in [3.8, 4) is 11.6 Å². The molecule has 0 bridgehead atoms. The first-order valence-corrected chi connectivity index (χ1v) is 9.55. The predicted octanol–water partition coefficient (Wildman–Crippen LogP) is 0.912. The topological polar surface area (TPSA) is 117 Å². The predicted molar refractivity (Wildman–Crippen MR) is 105 cm³/mol. The number of hydrogen-bond donors (Lipinski definition) is 4. The van der Waals surface area contributed by atoms with Crippen molar-refractivity contribution in [2.45, 2.75) is 38.8 Å². The summed E-state index contributed by atoms with van der Waals surface area (Å²) in [5.74, 6) is 0.514. The molecule has 0 saturated heterocycles. The number of fused-ring (bicyclic) bond motifs is 3. The van der Waals surface area contributed by atoms with E-state index in [0.717, 1.165) is 40.9 Å². The average Bonchev–Trinajstić information content (AvgIpc) is 3.06. The molecule has 2 atom stereocenters. The van der Waals surface area contributed by atoms with Crippen molar-refractivity contribution in [3.63, 3.8) is 0 Å². The minimum absolute atomic E-state index is 0.208. The molecule has 1 aliphatic rings. The van der Waals surface area contributed by atoms with Crippen LogP contribution in [0.25, 0.3) is 10.9 Å². The fraction of sp³-hybridized carbons (Fsp3) is 0.400. The van der Waals surface area contributed by atoms with Crippen LogP contribution in [0.5, 0.6) is 11.6 Å². The van der Waals surface area contributed by atoms with Gasteiger partial charge in [-0.25, -0.2) is 4.79 Å². The Balaban J connectivity index is 1.94. The van der Waals surface area contributed by atoms with Crippen molar-refractivity contribution in [2.24, 2.45) is 0 Å². The van der Waals surface area contributed by atoms with E-state index in [2.05, 4.69) is 9.97 Å². The normalized spacial score (nSPS) is 17.5. The molecule has 0 fully saturated rings. The summed E-state index contributed by atoms with van der Waals surface area (Å²) in [5.41, 5.74) is 2.02. The fourth-order valence-corrected chi connectivity index (χ4v) is 4.11. The molecule has 28 heavy (non-hydrogen) atoms. The van der Waals surface area contributed by atoms with Gasteiger partial charge in [-0.15, -0.1) is 0 Å². The Morgan fingerprint density at radius 3 is 2.86 bits per heavy atom. The van der Waals surface area contributed by atoms with Crippen LogP contribution in [0.15, 0.2) is 27.8 Å². The second-order valence-corrected chi connectivity index (χ2v) is 7.30. The van der Waals surface area contributed by atoms with Gasteiger partial charge in [0.05, 0.1) is 19.3 Å². The Kier molecular flexibility index (Phi) is 4.50. The number of rotatable bonds is 4. The van der Waals surface area contributed by atoms with Crippen LogP contribution in [0.4, 0.5) is 0 Å². The van der Waals surface area contributed by atoms with Crippen LogP contribution >= 0.6 is 0 Å². The maximum atomic E-state index is 12.7. The molecule has 1 aromatic carbocycles. The molecule has 0 aliphatic carbocycles. The minimum Gasteiger partial charge on any atom is -0.497 e. The number of quaternary nitrogens is 1. The number of methoxy groups -OCH3 is 1. The molecule has 8 nitrogen and oxygen atoms in total. The number of nitrogens with two attached hydrogens (primary N) is 1. The van der Waals surface area contributed by atoms with Gasteiger partial charge in [-0.3, -0.25) is 14.3 Å². The molecule has 4 rings (SSSR count). The Bertz CT molecular complexity index is 1160. The summed E-state index contributed by atoms with van der Waals surface area (Å²) in [5, 5.41) is 13.9. The summed E-state index contributed by atoms with van der Waals surface area (Å²) >= 11 is 0. The monoisotopic (exact) mass is 385 g/mol. The van der Waals surface area contributed by atoms with Gasteiger partial charge in [0.15, 0.2) is 6.04 Å². The molecular formula is C20H25N4O4+. The number of aromatic hydroxyl groups is 1. The van der Waals surface area contributed by atoms with Crippen LogP contribution in [0.2, 0.25) is 0 Å². The SMILES string of the molecule is CC[C@@H](C)n1c(O)c([C@H]2[NH2+]CCc3c2[nH]c2ccc(OC)cc32)c(=O)[nH]c1=O. The smallest absolute Gasteiger partial charge is 0.331 e. The van der Waals surface area contributed by atoms with Gasteiger partial charge in [-0.2, -0.15) is 0 Å². The number of aromatic nitrogens is 3. The van der Waals surface area contributed by atoms with E-state index in [1.807, 2.05) is 37.4 Å². The van der Waals surface area contributed by atoms with E-state index in [1.165, 1.54) is 4.57 Å². The third-order valence-electron chi connectivity index (χ3n) is 5.75. The Labute approximate surface area is 161 Å².